The minimum atomic E-state index is -0.908. The van der Waals surface area contributed by atoms with Crippen molar-refractivity contribution in [2.75, 3.05) is 6.61 Å². The summed E-state index contributed by atoms with van der Waals surface area (Å²) < 4.78 is 7.72. The SMILES string of the molecule is CCOC1CC(N)(C(=O)NCc2c(C)nn(Cc3ccccc3)c2C)C1(C)C.Cl. The predicted octanol–water partition coefficient (Wildman–Crippen LogP) is 3.12. The molecule has 0 spiro atoms. The van der Waals surface area contributed by atoms with E-state index in [4.69, 9.17) is 10.5 Å². The van der Waals surface area contributed by atoms with Crippen molar-refractivity contribution in [3.63, 3.8) is 0 Å². The maximum absolute atomic E-state index is 12.9. The molecule has 1 amide bonds. The van der Waals surface area contributed by atoms with Crippen LogP contribution in [-0.2, 0) is 22.6 Å². The van der Waals surface area contributed by atoms with Crippen molar-refractivity contribution in [1.82, 2.24) is 15.1 Å². The molecule has 160 valence electrons. The highest BCUT2D eigenvalue weighted by molar-refractivity contribution is 5.88. The van der Waals surface area contributed by atoms with Crippen molar-refractivity contribution in [2.45, 2.75) is 65.8 Å². The van der Waals surface area contributed by atoms with E-state index in [-0.39, 0.29) is 24.4 Å². The number of nitrogens with one attached hydrogen (secondary N) is 1. The normalized spacial score (nSPS) is 22.5. The van der Waals surface area contributed by atoms with Gasteiger partial charge in [-0.05, 0) is 26.3 Å². The van der Waals surface area contributed by atoms with Crippen LogP contribution in [0.5, 0.6) is 0 Å². The molecule has 1 aromatic carbocycles. The van der Waals surface area contributed by atoms with Crippen LogP contribution in [0.2, 0.25) is 0 Å². The molecule has 2 aromatic rings. The molecule has 3 N–H and O–H groups in total. The molecule has 2 atom stereocenters. The van der Waals surface area contributed by atoms with Crippen molar-refractivity contribution in [3.8, 4) is 0 Å². The summed E-state index contributed by atoms with van der Waals surface area (Å²) >= 11 is 0. The van der Waals surface area contributed by atoms with Gasteiger partial charge < -0.3 is 15.8 Å². The molecule has 0 aliphatic heterocycles. The van der Waals surface area contributed by atoms with E-state index in [0.29, 0.717) is 26.1 Å². The highest BCUT2D eigenvalue weighted by atomic mass is 35.5. The first-order valence-electron chi connectivity index (χ1n) is 9.96. The highest BCUT2D eigenvalue weighted by Gasteiger charge is 2.62. The summed E-state index contributed by atoms with van der Waals surface area (Å²) in [6.07, 6.45) is 0.565. The van der Waals surface area contributed by atoms with Crippen molar-refractivity contribution < 1.29 is 9.53 Å². The average Bonchev–Trinajstić information content (AvgIpc) is 2.93. The zero-order valence-corrected chi connectivity index (χ0v) is 18.8. The summed E-state index contributed by atoms with van der Waals surface area (Å²) in [5, 5.41) is 7.70. The Morgan fingerprint density at radius 1 is 1.31 bits per heavy atom. The van der Waals surface area contributed by atoms with E-state index >= 15 is 0 Å². The van der Waals surface area contributed by atoms with Crippen LogP contribution in [0.25, 0.3) is 0 Å². The van der Waals surface area contributed by atoms with Gasteiger partial charge in [-0.25, -0.2) is 0 Å². The molecule has 1 aliphatic rings. The molecule has 1 aliphatic carbocycles. The van der Waals surface area contributed by atoms with E-state index < -0.39 is 11.0 Å². The number of hydrogen-bond acceptors (Lipinski definition) is 4. The minimum Gasteiger partial charge on any atom is -0.378 e. The van der Waals surface area contributed by atoms with Crippen LogP contribution >= 0.6 is 12.4 Å². The number of carbonyl (C=O) groups is 1. The molecule has 1 fully saturated rings. The van der Waals surface area contributed by atoms with Crippen LogP contribution in [-0.4, -0.2) is 33.9 Å². The number of halogens is 1. The van der Waals surface area contributed by atoms with Gasteiger partial charge in [-0.2, -0.15) is 5.10 Å². The minimum absolute atomic E-state index is 0. The van der Waals surface area contributed by atoms with E-state index in [1.165, 1.54) is 5.56 Å². The lowest BCUT2D eigenvalue weighted by Gasteiger charge is -2.57. The number of nitrogens with two attached hydrogens (primary N) is 1. The molecule has 7 heteroatoms. The summed E-state index contributed by atoms with van der Waals surface area (Å²) in [6, 6.07) is 10.2. The van der Waals surface area contributed by atoms with Gasteiger partial charge in [0.05, 0.1) is 18.3 Å². The third-order valence-electron chi connectivity index (χ3n) is 6.37. The smallest absolute Gasteiger partial charge is 0.241 e. The maximum atomic E-state index is 12.9. The molecule has 29 heavy (non-hydrogen) atoms. The van der Waals surface area contributed by atoms with E-state index in [1.807, 2.05) is 57.5 Å². The summed E-state index contributed by atoms with van der Waals surface area (Å²) in [6.45, 7) is 11.8. The fraction of sp³-hybridized carbons (Fsp3) is 0.545. The lowest BCUT2D eigenvalue weighted by Crippen LogP contribution is -2.75. The van der Waals surface area contributed by atoms with Gasteiger partial charge in [0.2, 0.25) is 5.91 Å². The monoisotopic (exact) mass is 420 g/mol. The van der Waals surface area contributed by atoms with Gasteiger partial charge in [0.1, 0.15) is 5.54 Å². The number of hydrogen-bond donors (Lipinski definition) is 2. The summed E-state index contributed by atoms with van der Waals surface area (Å²) in [5.74, 6) is -0.122. The first kappa shape index (κ1) is 23.4. The van der Waals surface area contributed by atoms with Crippen LogP contribution in [0.1, 0.15) is 49.7 Å². The molecule has 0 bridgehead atoms. The van der Waals surface area contributed by atoms with Gasteiger partial charge in [-0.3, -0.25) is 9.48 Å². The average molecular weight is 421 g/mol. The molecule has 1 aromatic heterocycles. The van der Waals surface area contributed by atoms with Crippen LogP contribution in [0.3, 0.4) is 0 Å². The van der Waals surface area contributed by atoms with Crippen molar-refractivity contribution in [3.05, 3.63) is 52.8 Å². The number of ether oxygens (including phenoxy) is 1. The Balaban J connectivity index is 0.00000300. The Labute approximate surface area is 179 Å². The van der Waals surface area contributed by atoms with Crippen molar-refractivity contribution >= 4 is 18.3 Å². The van der Waals surface area contributed by atoms with E-state index in [0.717, 1.165) is 17.0 Å². The van der Waals surface area contributed by atoms with Crippen LogP contribution in [0.15, 0.2) is 30.3 Å². The molecule has 0 saturated heterocycles. The topological polar surface area (TPSA) is 82.2 Å². The Morgan fingerprint density at radius 2 is 1.97 bits per heavy atom. The predicted molar refractivity (Wildman–Crippen MR) is 117 cm³/mol. The first-order valence-corrected chi connectivity index (χ1v) is 9.96. The second-order valence-electron chi connectivity index (χ2n) is 8.32. The molecule has 2 unspecified atom stereocenters. The van der Waals surface area contributed by atoms with Crippen molar-refractivity contribution in [2.24, 2.45) is 11.1 Å². The zero-order valence-electron chi connectivity index (χ0n) is 18.0. The van der Waals surface area contributed by atoms with E-state index in [9.17, 15) is 4.79 Å². The Kier molecular flexibility index (Phi) is 7.14. The molecule has 0 radical (unpaired) electrons. The number of aryl methyl sites for hydroxylation is 1. The number of carbonyl (C=O) groups excluding carboxylic acids is 1. The van der Waals surface area contributed by atoms with Gasteiger partial charge in [-0.15, -0.1) is 12.4 Å². The lowest BCUT2D eigenvalue weighted by atomic mass is 9.54. The van der Waals surface area contributed by atoms with E-state index in [1.54, 1.807) is 0 Å². The fourth-order valence-corrected chi connectivity index (χ4v) is 4.05. The summed E-state index contributed by atoms with van der Waals surface area (Å²) in [5.41, 5.74) is 9.42. The van der Waals surface area contributed by atoms with Gasteiger partial charge in [0.15, 0.2) is 0 Å². The van der Waals surface area contributed by atoms with E-state index in [2.05, 4.69) is 22.5 Å². The van der Waals surface area contributed by atoms with Crippen molar-refractivity contribution in [1.29, 1.82) is 0 Å². The van der Waals surface area contributed by atoms with Gasteiger partial charge in [0.25, 0.3) is 0 Å². The Morgan fingerprint density at radius 3 is 2.55 bits per heavy atom. The lowest BCUT2D eigenvalue weighted by molar-refractivity contribution is -0.170. The Bertz CT molecular complexity index is 850. The largest absolute Gasteiger partial charge is 0.378 e. The number of amides is 1. The highest BCUT2D eigenvalue weighted by Crippen LogP contribution is 2.49. The standard InChI is InChI=1S/C22H32N4O2.ClH/c1-6-28-19-12-22(23,21(19,4)5)20(27)24-13-18-15(2)25-26(16(18)3)14-17-10-8-7-9-11-17;/h7-11,19H,6,12-14,23H2,1-5H3,(H,24,27);1H. The third kappa shape index (κ3) is 4.20. The summed E-state index contributed by atoms with van der Waals surface area (Å²) in [4.78, 5) is 12.9. The van der Waals surface area contributed by atoms with Crippen LogP contribution in [0, 0.1) is 19.3 Å². The quantitative estimate of drug-likeness (QED) is 0.720. The van der Waals surface area contributed by atoms with Crippen LogP contribution < -0.4 is 11.1 Å². The first-order chi connectivity index (χ1) is 13.2. The number of benzene rings is 1. The van der Waals surface area contributed by atoms with Gasteiger partial charge in [-0.1, -0.05) is 44.2 Å². The summed E-state index contributed by atoms with van der Waals surface area (Å²) in [7, 11) is 0. The molecular formula is C22H33ClN4O2. The molecule has 1 saturated carbocycles. The molecule has 1 heterocycles. The van der Waals surface area contributed by atoms with Gasteiger partial charge >= 0.3 is 0 Å². The number of nitrogens with zero attached hydrogens (tertiary/aromatic N) is 2. The number of rotatable bonds is 7. The number of aromatic nitrogens is 2. The second kappa shape index (κ2) is 8.86. The molecular weight excluding hydrogens is 388 g/mol. The zero-order chi connectivity index (χ0) is 20.5. The second-order valence-corrected chi connectivity index (χ2v) is 8.32. The third-order valence-corrected chi connectivity index (χ3v) is 6.37. The molecule has 3 rings (SSSR count). The maximum Gasteiger partial charge on any atom is 0.241 e. The molecule has 6 nitrogen and oxygen atoms in total. The fourth-order valence-electron chi connectivity index (χ4n) is 4.05. The van der Waals surface area contributed by atoms with Crippen LogP contribution in [0.4, 0.5) is 0 Å². The Hall–Kier alpha value is -1.89. The van der Waals surface area contributed by atoms with Gasteiger partial charge in [0, 0.05) is 36.2 Å².